The largest absolute Gasteiger partial charge is 0.361 e. The molecule has 0 unspecified atom stereocenters. The third kappa shape index (κ3) is 3.58. The number of amides is 1. The maximum atomic E-state index is 12.5. The van der Waals surface area contributed by atoms with Gasteiger partial charge in [0.05, 0.1) is 29.5 Å². The van der Waals surface area contributed by atoms with Crippen LogP contribution in [0.4, 0.5) is 17.2 Å². The topological polar surface area (TPSA) is 82.7 Å². The first kappa shape index (κ1) is 17.9. The number of anilines is 3. The molecule has 5 rings (SSSR count). The molecule has 6 nitrogen and oxygen atoms in total. The molecule has 0 aliphatic heterocycles. The summed E-state index contributed by atoms with van der Waals surface area (Å²) in [6.07, 6.45) is 5.64. The molecular weight excluding hydrogens is 374 g/mol. The van der Waals surface area contributed by atoms with E-state index in [1.165, 1.54) is 0 Å². The number of rotatable bonds is 5. The van der Waals surface area contributed by atoms with Crippen LogP contribution < -0.4 is 10.6 Å². The Bertz CT molecular complexity index is 1340. The van der Waals surface area contributed by atoms with Crippen LogP contribution in [0.2, 0.25) is 0 Å². The highest BCUT2D eigenvalue weighted by Crippen LogP contribution is 2.24. The number of hydrogen-bond donors (Lipinski definition) is 3. The minimum Gasteiger partial charge on any atom is -0.361 e. The van der Waals surface area contributed by atoms with Gasteiger partial charge in [0.1, 0.15) is 5.82 Å². The molecule has 2 aromatic carbocycles. The molecule has 0 radical (unpaired) electrons. The number of hydrogen-bond acceptors (Lipinski definition) is 4. The van der Waals surface area contributed by atoms with E-state index in [2.05, 4.69) is 25.6 Å². The second kappa shape index (κ2) is 7.67. The minimum atomic E-state index is -0.105. The first-order chi connectivity index (χ1) is 14.8. The molecule has 0 spiro atoms. The third-order valence-corrected chi connectivity index (χ3v) is 4.97. The summed E-state index contributed by atoms with van der Waals surface area (Å²) in [5, 5.41) is 8.33. The molecule has 5 aromatic rings. The zero-order valence-corrected chi connectivity index (χ0v) is 16.1. The highest BCUT2D eigenvalue weighted by molar-refractivity contribution is 5.95. The molecule has 0 fully saturated rings. The summed E-state index contributed by atoms with van der Waals surface area (Å²) in [6, 6.07) is 21.5. The van der Waals surface area contributed by atoms with E-state index in [9.17, 15) is 4.79 Å². The molecule has 3 aromatic heterocycles. The summed E-state index contributed by atoms with van der Waals surface area (Å²) in [6.45, 7) is 0. The molecule has 30 heavy (non-hydrogen) atoms. The first-order valence-electron chi connectivity index (χ1n) is 9.68. The van der Waals surface area contributed by atoms with Crippen LogP contribution in [-0.4, -0.2) is 20.9 Å². The monoisotopic (exact) mass is 393 g/mol. The molecule has 146 valence electrons. The fraction of sp³-hybridized carbons (Fsp3) is 0.0417. The highest BCUT2D eigenvalue weighted by Gasteiger charge is 2.10. The Kier molecular flexibility index (Phi) is 4.57. The van der Waals surface area contributed by atoms with Crippen LogP contribution >= 0.6 is 0 Å². The van der Waals surface area contributed by atoms with E-state index in [1.807, 2.05) is 66.9 Å². The Morgan fingerprint density at radius 2 is 1.83 bits per heavy atom. The average Bonchev–Trinajstić information content (AvgIpc) is 3.18. The first-order valence-corrected chi connectivity index (χ1v) is 9.68. The maximum Gasteiger partial charge on any atom is 0.230 e. The van der Waals surface area contributed by atoms with Gasteiger partial charge >= 0.3 is 0 Å². The van der Waals surface area contributed by atoms with Crippen molar-refractivity contribution in [1.82, 2.24) is 15.0 Å². The van der Waals surface area contributed by atoms with E-state index in [0.717, 1.165) is 38.7 Å². The van der Waals surface area contributed by atoms with Crippen molar-refractivity contribution in [2.45, 2.75) is 6.42 Å². The Morgan fingerprint density at radius 1 is 0.933 bits per heavy atom. The lowest BCUT2D eigenvalue weighted by Crippen LogP contribution is -2.15. The van der Waals surface area contributed by atoms with E-state index in [1.54, 1.807) is 18.5 Å². The number of fused-ring (bicyclic) bond motifs is 2. The van der Waals surface area contributed by atoms with Gasteiger partial charge in [0.15, 0.2) is 0 Å². The molecule has 0 aliphatic rings. The van der Waals surface area contributed by atoms with Crippen molar-refractivity contribution in [2.75, 3.05) is 10.6 Å². The summed E-state index contributed by atoms with van der Waals surface area (Å²) in [5.41, 5.74) is 4.62. The van der Waals surface area contributed by atoms with Gasteiger partial charge in [-0.2, -0.15) is 0 Å². The van der Waals surface area contributed by atoms with Crippen LogP contribution in [0.3, 0.4) is 0 Å². The molecule has 0 saturated carbocycles. The summed E-state index contributed by atoms with van der Waals surface area (Å²) in [4.78, 5) is 24.5. The lowest BCUT2D eigenvalue weighted by Gasteiger charge is -2.10. The standard InChI is InChI=1S/C24H19N5O/c30-23(13-17-14-26-20-8-2-1-7-19(17)20)29-22-11-10-18(15-27-22)28-21-9-3-5-16-6-4-12-25-24(16)21/h1-12,14-15,26,28H,13H2,(H,27,29,30). The van der Waals surface area contributed by atoms with Gasteiger partial charge in [0, 0.05) is 28.7 Å². The molecule has 3 N–H and O–H groups in total. The van der Waals surface area contributed by atoms with Crippen molar-refractivity contribution >= 4 is 44.9 Å². The molecule has 1 amide bonds. The lowest BCUT2D eigenvalue weighted by atomic mass is 10.1. The molecule has 0 saturated heterocycles. The van der Waals surface area contributed by atoms with Gasteiger partial charge in [-0.3, -0.25) is 9.78 Å². The molecule has 6 heteroatoms. The van der Waals surface area contributed by atoms with Crippen LogP contribution in [-0.2, 0) is 11.2 Å². The molecule has 0 aliphatic carbocycles. The number of nitrogens with one attached hydrogen (secondary N) is 3. The molecule has 3 heterocycles. The number of para-hydroxylation sites is 2. The average molecular weight is 393 g/mol. The summed E-state index contributed by atoms with van der Waals surface area (Å²) in [5.74, 6) is 0.410. The van der Waals surface area contributed by atoms with E-state index in [4.69, 9.17) is 0 Å². The number of aromatic amines is 1. The van der Waals surface area contributed by atoms with Crippen molar-refractivity contribution in [2.24, 2.45) is 0 Å². The van der Waals surface area contributed by atoms with Gasteiger partial charge in [0.2, 0.25) is 5.91 Å². The van der Waals surface area contributed by atoms with Gasteiger partial charge in [0.25, 0.3) is 0 Å². The number of pyridine rings is 2. The molecule has 0 atom stereocenters. The minimum absolute atomic E-state index is 0.105. The SMILES string of the molecule is O=C(Cc1c[nH]c2ccccc12)Nc1ccc(Nc2cccc3cccnc23)cn1. The molecular formula is C24H19N5O. The third-order valence-electron chi connectivity index (χ3n) is 4.97. The number of aromatic nitrogens is 3. The number of carbonyl (C=O) groups excluding carboxylic acids is 1. The summed E-state index contributed by atoms with van der Waals surface area (Å²) >= 11 is 0. The number of nitrogens with zero attached hydrogens (tertiary/aromatic N) is 2. The fourth-order valence-electron chi connectivity index (χ4n) is 3.54. The van der Waals surface area contributed by atoms with E-state index in [0.29, 0.717) is 5.82 Å². The van der Waals surface area contributed by atoms with Crippen molar-refractivity contribution in [3.8, 4) is 0 Å². The van der Waals surface area contributed by atoms with Gasteiger partial charge in [-0.25, -0.2) is 4.98 Å². The Morgan fingerprint density at radius 3 is 2.73 bits per heavy atom. The number of H-pyrrole nitrogens is 1. The number of benzene rings is 2. The van der Waals surface area contributed by atoms with Crippen molar-refractivity contribution in [1.29, 1.82) is 0 Å². The van der Waals surface area contributed by atoms with E-state index < -0.39 is 0 Å². The Hall–Kier alpha value is -4.19. The Balaban J connectivity index is 1.27. The normalized spacial score (nSPS) is 10.9. The van der Waals surface area contributed by atoms with Crippen LogP contribution in [0.5, 0.6) is 0 Å². The van der Waals surface area contributed by atoms with Crippen LogP contribution in [0.1, 0.15) is 5.56 Å². The maximum absolute atomic E-state index is 12.5. The predicted octanol–water partition coefficient (Wildman–Crippen LogP) is 5.04. The summed E-state index contributed by atoms with van der Waals surface area (Å²) in [7, 11) is 0. The van der Waals surface area contributed by atoms with Gasteiger partial charge in [-0.05, 0) is 35.9 Å². The van der Waals surface area contributed by atoms with E-state index >= 15 is 0 Å². The number of carbonyl (C=O) groups is 1. The van der Waals surface area contributed by atoms with Gasteiger partial charge in [-0.1, -0.05) is 36.4 Å². The van der Waals surface area contributed by atoms with Crippen LogP contribution in [0.25, 0.3) is 21.8 Å². The lowest BCUT2D eigenvalue weighted by molar-refractivity contribution is -0.115. The van der Waals surface area contributed by atoms with Crippen molar-refractivity contribution in [3.63, 3.8) is 0 Å². The predicted molar refractivity (Wildman–Crippen MR) is 120 cm³/mol. The zero-order valence-electron chi connectivity index (χ0n) is 16.1. The van der Waals surface area contributed by atoms with E-state index in [-0.39, 0.29) is 12.3 Å². The zero-order chi connectivity index (χ0) is 20.3. The Labute approximate surface area is 173 Å². The second-order valence-corrected chi connectivity index (χ2v) is 7.02. The van der Waals surface area contributed by atoms with Gasteiger partial charge in [-0.15, -0.1) is 0 Å². The van der Waals surface area contributed by atoms with Crippen LogP contribution in [0.15, 0.2) is 85.3 Å². The highest BCUT2D eigenvalue weighted by atomic mass is 16.1. The quantitative estimate of drug-likeness (QED) is 0.391. The van der Waals surface area contributed by atoms with Crippen molar-refractivity contribution in [3.05, 3.63) is 90.9 Å². The second-order valence-electron chi connectivity index (χ2n) is 7.02. The molecule has 0 bridgehead atoms. The van der Waals surface area contributed by atoms with Gasteiger partial charge < -0.3 is 15.6 Å². The fourth-order valence-corrected chi connectivity index (χ4v) is 3.54. The summed E-state index contributed by atoms with van der Waals surface area (Å²) < 4.78 is 0. The van der Waals surface area contributed by atoms with Crippen molar-refractivity contribution < 1.29 is 4.79 Å². The smallest absolute Gasteiger partial charge is 0.230 e. The van der Waals surface area contributed by atoms with Crippen LogP contribution in [0, 0.1) is 0 Å².